The fraction of sp³-hybridized carbons (Fsp3) is 0.600. The highest BCUT2D eigenvalue weighted by Gasteiger charge is 2.50. The normalized spacial score (nSPS) is 22.3. The van der Waals surface area contributed by atoms with Crippen LogP contribution in [0.5, 0.6) is 0 Å². The highest BCUT2D eigenvalue weighted by molar-refractivity contribution is 5.82. The van der Waals surface area contributed by atoms with Gasteiger partial charge in [-0.3, -0.25) is 4.79 Å². The standard InChI is InChI=1S/C20H24F3N3O2/c21-20(22,23)16-3-1-14(2-4-16)11-15-6-9-25(10-7-15)18(28)26-12-19(13-26)8-5-17(27)24-19/h1-4,15H,5-13H2,(H,24,27). The first kappa shape index (κ1) is 19.1. The first-order valence-corrected chi connectivity index (χ1v) is 9.75. The summed E-state index contributed by atoms with van der Waals surface area (Å²) >= 11 is 0. The summed E-state index contributed by atoms with van der Waals surface area (Å²) in [6.07, 6.45) is -0.535. The van der Waals surface area contributed by atoms with Crippen molar-refractivity contribution in [3.8, 4) is 0 Å². The Hall–Kier alpha value is -2.25. The number of nitrogens with one attached hydrogen (secondary N) is 1. The van der Waals surface area contributed by atoms with Crippen molar-refractivity contribution in [3.63, 3.8) is 0 Å². The summed E-state index contributed by atoms with van der Waals surface area (Å²) in [5.74, 6) is 0.439. The molecule has 0 aliphatic carbocycles. The van der Waals surface area contributed by atoms with Crippen molar-refractivity contribution in [2.75, 3.05) is 26.2 Å². The number of likely N-dealkylation sites (tertiary alicyclic amines) is 2. The van der Waals surface area contributed by atoms with E-state index < -0.39 is 11.7 Å². The average molecular weight is 395 g/mol. The fourth-order valence-corrected chi connectivity index (χ4v) is 4.52. The first-order valence-electron chi connectivity index (χ1n) is 9.75. The molecule has 0 aromatic heterocycles. The maximum absolute atomic E-state index is 12.7. The third-order valence-corrected chi connectivity index (χ3v) is 6.18. The molecule has 0 saturated carbocycles. The lowest BCUT2D eigenvalue weighted by Crippen LogP contribution is -2.70. The van der Waals surface area contributed by atoms with E-state index in [0.717, 1.165) is 43.4 Å². The minimum Gasteiger partial charge on any atom is -0.347 e. The Kier molecular flexibility index (Phi) is 4.75. The minimum atomic E-state index is -4.30. The number of piperidine rings is 1. The molecule has 5 nitrogen and oxygen atoms in total. The monoisotopic (exact) mass is 395 g/mol. The second-order valence-electron chi connectivity index (χ2n) is 8.30. The van der Waals surface area contributed by atoms with Crippen LogP contribution in [0.3, 0.4) is 0 Å². The van der Waals surface area contributed by atoms with Gasteiger partial charge in [0.2, 0.25) is 5.91 Å². The second kappa shape index (κ2) is 6.97. The van der Waals surface area contributed by atoms with Crippen LogP contribution < -0.4 is 5.32 Å². The Balaban J connectivity index is 1.24. The molecule has 1 spiro atoms. The largest absolute Gasteiger partial charge is 0.416 e. The number of halogens is 3. The zero-order valence-electron chi connectivity index (χ0n) is 15.6. The van der Waals surface area contributed by atoms with Crippen molar-refractivity contribution >= 4 is 11.9 Å². The van der Waals surface area contributed by atoms with Crippen LogP contribution in [0, 0.1) is 5.92 Å². The Bertz CT molecular complexity index is 749. The van der Waals surface area contributed by atoms with Crippen molar-refractivity contribution in [3.05, 3.63) is 35.4 Å². The molecule has 1 aromatic rings. The molecule has 1 N–H and O–H groups in total. The number of hydrogen-bond donors (Lipinski definition) is 1. The third kappa shape index (κ3) is 3.82. The number of benzene rings is 1. The lowest BCUT2D eigenvalue weighted by Gasteiger charge is -2.49. The van der Waals surface area contributed by atoms with Crippen molar-refractivity contribution in [1.82, 2.24) is 15.1 Å². The van der Waals surface area contributed by atoms with Gasteiger partial charge < -0.3 is 15.1 Å². The highest BCUT2D eigenvalue weighted by atomic mass is 19.4. The van der Waals surface area contributed by atoms with Gasteiger partial charge in [0.1, 0.15) is 0 Å². The van der Waals surface area contributed by atoms with Crippen molar-refractivity contribution in [2.24, 2.45) is 5.92 Å². The van der Waals surface area contributed by atoms with E-state index in [2.05, 4.69) is 5.32 Å². The summed E-state index contributed by atoms with van der Waals surface area (Å²) in [5.41, 5.74) is 0.0788. The molecule has 1 aromatic carbocycles. The SMILES string of the molecule is O=C1CCC2(CN(C(=O)N3CCC(Cc4ccc(C(F)(F)F)cc4)CC3)C2)N1. The first-order chi connectivity index (χ1) is 13.2. The van der Waals surface area contributed by atoms with Gasteiger partial charge in [0.15, 0.2) is 0 Å². The molecule has 3 aliphatic heterocycles. The van der Waals surface area contributed by atoms with E-state index in [0.29, 0.717) is 38.5 Å². The molecule has 3 aliphatic rings. The molecule has 0 atom stereocenters. The molecular formula is C20H24F3N3O2. The van der Waals surface area contributed by atoms with Crippen LogP contribution >= 0.6 is 0 Å². The predicted octanol–water partition coefficient (Wildman–Crippen LogP) is 3.04. The third-order valence-electron chi connectivity index (χ3n) is 6.18. The molecular weight excluding hydrogens is 371 g/mol. The van der Waals surface area contributed by atoms with Crippen LogP contribution in [-0.2, 0) is 17.4 Å². The Morgan fingerprint density at radius 3 is 2.29 bits per heavy atom. The second-order valence-corrected chi connectivity index (χ2v) is 8.30. The predicted molar refractivity (Wildman–Crippen MR) is 96.5 cm³/mol. The van der Waals surface area contributed by atoms with E-state index in [1.165, 1.54) is 0 Å². The van der Waals surface area contributed by atoms with Gasteiger partial charge in [-0.05, 0) is 49.3 Å². The summed E-state index contributed by atoms with van der Waals surface area (Å²) in [5, 5.41) is 2.98. The number of nitrogens with zero attached hydrogens (tertiary/aromatic N) is 2. The van der Waals surface area contributed by atoms with Gasteiger partial charge in [-0.1, -0.05) is 12.1 Å². The maximum atomic E-state index is 12.7. The van der Waals surface area contributed by atoms with Crippen LogP contribution in [0.1, 0.15) is 36.8 Å². The quantitative estimate of drug-likeness (QED) is 0.837. The number of rotatable bonds is 2. The molecule has 152 valence electrons. The number of carbonyl (C=O) groups is 2. The summed E-state index contributed by atoms with van der Waals surface area (Å²) in [4.78, 5) is 27.7. The average Bonchev–Trinajstić information content (AvgIpc) is 3.02. The molecule has 0 radical (unpaired) electrons. The summed E-state index contributed by atoms with van der Waals surface area (Å²) < 4.78 is 38.0. The molecule has 0 unspecified atom stereocenters. The summed E-state index contributed by atoms with van der Waals surface area (Å²) in [6, 6.07) is 5.40. The van der Waals surface area contributed by atoms with Gasteiger partial charge in [-0.25, -0.2) is 4.79 Å². The van der Waals surface area contributed by atoms with Gasteiger partial charge in [-0.15, -0.1) is 0 Å². The van der Waals surface area contributed by atoms with Gasteiger partial charge in [0, 0.05) is 32.6 Å². The number of carbonyl (C=O) groups excluding carboxylic acids is 2. The van der Waals surface area contributed by atoms with Crippen LogP contribution in [0.4, 0.5) is 18.0 Å². The topological polar surface area (TPSA) is 52.7 Å². The van der Waals surface area contributed by atoms with E-state index in [4.69, 9.17) is 0 Å². The Morgan fingerprint density at radius 1 is 1.11 bits per heavy atom. The van der Waals surface area contributed by atoms with E-state index >= 15 is 0 Å². The molecule has 3 amide bonds. The van der Waals surface area contributed by atoms with Crippen LogP contribution in [0.2, 0.25) is 0 Å². The molecule has 8 heteroatoms. The summed E-state index contributed by atoms with van der Waals surface area (Å²) in [7, 11) is 0. The lowest BCUT2D eigenvalue weighted by molar-refractivity contribution is -0.137. The highest BCUT2D eigenvalue weighted by Crippen LogP contribution is 2.33. The Morgan fingerprint density at radius 2 is 1.75 bits per heavy atom. The molecule has 4 rings (SSSR count). The van der Waals surface area contributed by atoms with Crippen LogP contribution in [-0.4, -0.2) is 53.5 Å². The van der Waals surface area contributed by atoms with E-state index in [1.807, 2.05) is 4.90 Å². The van der Waals surface area contributed by atoms with E-state index in [-0.39, 0.29) is 17.5 Å². The number of amides is 3. The van der Waals surface area contributed by atoms with Crippen LogP contribution in [0.25, 0.3) is 0 Å². The van der Waals surface area contributed by atoms with Crippen molar-refractivity contribution in [2.45, 2.75) is 43.8 Å². The fourth-order valence-electron chi connectivity index (χ4n) is 4.52. The van der Waals surface area contributed by atoms with E-state index in [1.54, 1.807) is 17.0 Å². The molecule has 28 heavy (non-hydrogen) atoms. The number of urea groups is 1. The lowest BCUT2D eigenvalue weighted by atomic mass is 9.88. The Labute approximate surface area is 161 Å². The number of alkyl halides is 3. The zero-order valence-corrected chi connectivity index (χ0v) is 15.6. The summed E-state index contributed by atoms with van der Waals surface area (Å²) in [6.45, 7) is 2.51. The van der Waals surface area contributed by atoms with Gasteiger partial charge in [0.05, 0.1) is 11.1 Å². The van der Waals surface area contributed by atoms with Crippen LogP contribution in [0.15, 0.2) is 24.3 Å². The minimum absolute atomic E-state index is 0.0276. The van der Waals surface area contributed by atoms with Crippen molar-refractivity contribution in [1.29, 1.82) is 0 Å². The maximum Gasteiger partial charge on any atom is 0.416 e. The molecule has 3 fully saturated rings. The van der Waals surface area contributed by atoms with Crippen molar-refractivity contribution < 1.29 is 22.8 Å². The van der Waals surface area contributed by atoms with Gasteiger partial charge in [-0.2, -0.15) is 13.2 Å². The van der Waals surface area contributed by atoms with Gasteiger partial charge in [0.25, 0.3) is 0 Å². The number of hydrogen-bond acceptors (Lipinski definition) is 2. The zero-order chi connectivity index (χ0) is 19.9. The smallest absolute Gasteiger partial charge is 0.347 e. The molecule has 3 saturated heterocycles. The molecule has 0 bridgehead atoms. The molecule has 3 heterocycles. The van der Waals surface area contributed by atoms with Gasteiger partial charge >= 0.3 is 12.2 Å². The van der Waals surface area contributed by atoms with E-state index in [9.17, 15) is 22.8 Å².